The van der Waals surface area contributed by atoms with Crippen LogP contribution in [0.5, 0.6) is 0 Å². The molecule has 0 unspecified atom stereocenters. The van der Waals surface area contributed by atoms with Crippen LogP contribution in [-0.4, -0.2) is 55.1 Å². The van der Waals surface area contributed by atoms with E-state index in [-0.39, 0.29) is 18.7 Å². The fourth-order valence-electron chi connectivity index (χ4n) is 2.67. The van der Waals surface area contributed by atoms with Crippen molar-refractivity contribution in [1.82, 2.24) is 14.3 Å². The molecule has 0 saturated carbocycles. The molecule has 0 spiro atoms. The van der Waals surface area contributed by atoms with Crippen LogP contribution in [0.4, 0.5) is 0 Å². The van der Waals surface area contributed by atoms with Gasteiger partial charge in [0.1, 0.15) is 17.4 Å². The van der Waals surface area contributed by atoms with Gasteiger partial charge in [-0.3, -0.25) is 4.79 Å². The monoisotopic (exact) mass is 289 g/mol. The van der Waals surface area contributed by atoms with Crippen molar-refractivity contribution in [1.29, 1.82) is 0 Å². The van der Waals surface area contributed by atoms with Crippen molar-refractivity contribution >= 4 is 17.5 Å². The Labute approximate surface area is 120 Å². The normalized spacial score (nSPS) is 21.9. The predicted octanol–water partition coefficient (Wildman–Crippen LogP) is 0.303. The zero-order chi connectivity index (χ0) is 15.1. The molecule has 0 aliphatic carbocycles. The Morgan fingerprint density at radius 1 is 1.38 bits per heavy atom. The van der Waals surface area contributed by atoms with E-state index >= 15 is 0 Å². The lowest BCUT2D eigenvalue weighted by Gasteiger charge is -2.19. The number of likely N-dealkylation sites (tertiary alicyclic amines) is 1. The number of amides is 1. The van der Waals surface area contributed by atoms with Crippen molar-refractivity contribution in [3.63, 3.8) is 0 Å². The number of carbonyl (C=O) groups excluding carboxylic acids is 1. The van der Waals surface area contributed by atoms with Crippen LogP contribution < -0.4 is 0 Å². The minimum atomic E-state index is -1.11. The van der Waals surface area contributed by atoms with Gasteiger partial charge in [0.05, 0.1) is 6.10 Å². The first-order chi connectivity index (χ1) is 9.97. The quantitative estimate of drug-likeness (QED) is 0.829. The van der Waals surface area contributed by atoms with Gasteiger partial charge in [-0.15, -0.1) is 0 Å². The molecule has 0 bridgehead atoms. The van der Waals surface area contributed by atoms with Crippen molar-refractivity contribution in [3.8, 4) is 0 Å². The first-order valence-corrected chi connectivity index (χ1v) is 6.64. The summed E-state index contributed by atoms with van der Waals surface area (Å²) in [5, 5.41) is 18.8. The second kappa shape index (κ2) is 4.85. The van der Waals surface area contributed by atoms with Crippen molar-refractivity contribution in [2.24, 2.45) is 0 Å². The molecule has 7 nitrogen and oxygen atoms in total. The summed E-state index contributed by atoms with van der Waals surface area (Å²) in [4.78, 5) is 29.1. The number of aliphatic carboxylic acids is 1. The first-order valence-electron chi connectivity index (χ1n) is 6.64. The number of β-amino-alcohol motifs (C(OH)–C–C–N with tert-alkyl or cyclic N) is 1. The maximum Gasteiger partial charge on any atom is 0.326 e. The molecule has 2 atom stereocenters. The van der Waals surface area contributed by atoms with Gasteiger partial charge < -0.3 is 19.5 Å². The van der Waals surface area contributed by atoms with E-state index in [9.17, 15) is 14.7 Å². The third-order valence-electron chi connectivity index (χ3n) is 3.74. The molecule has 7 heteroatoms. The van der Waals surface area contributed by atoms with E-state index in [1.165, 1.54) is 4.90 Å². The molecule has 1 saturated heterocycles. The SMILES string of the molecule is Cc1cccc2nc(C(=O)N3C[C@H](O)C[C@@H]3C(=O)O)cn12. The maximum absolute atomic E-state index is 12.5. The molecule has 110 valence electrons. The Hall–Kier alpha value is -2.41. The zero-order valence-electron chi connectivity index (χ0n) is 11.4. The number of aryl methyl sites for hydroxylation is 1. The van der Waals surface area contributed by atoms with Crippen molar-refractivity contribution in [2.45, 2.75) is 25.5 Å². The number of hydrogen-bond donors (Lipinski definition) is 2. The van der Waals surface area contributed by atoms with Crippen LogP contribution >= 0.6 is 0 Å². The van der Waals surface area contributed by atoms with Gasteiger partial charge >= 0.3 is 5.97 Å². The van der Waals surface area contributed by atoms with Crippen LogP contribution in [0.3, 0.4) is 0 Å². The molecule has 3 heterocycles. The topological polar surface area (TPSA) is 95.1 Å². The standard InChI is InChI=1S/C14H15N3O4/c1-8-3-2-4-12-15-10(7-16(8)12)13(19)17-6-9(18)5-11(17)14(20)21/h2-4,7,9,11,18H,5-6H2,1H3,(H,20,21)/t9-,11-/m1/s1. The van der Waals surface area contributed by atoms with Crippen LogP contribution in [0.2, 0.25) is 0 Å². The van der Waals surface area contributed by atoms with Crippen LogP contribution in [0.1, 0.15) is 22.6 Å². The summed E-state index contributed by atoms with van der Waals surface area (Å²) >= 11 is 0. The van der Waals surface area contributed by atoms with Crippen LogP contribution in [0.25, 0.3) is 5.65 Å². The number of aromatic nitrogens is 2. The molecule has 1 aliphatic rings. The van der Waals surface area contributed by atoms with Crippen molar-refractivity contribution in [3.05, 3.63) is 35.8 Å². The molecule has 1 aliphatic heterocycles. The number of carbonyl (C=O) groups is 2. The molecule has 1 amide bonds. The van der Waals surface area contributed by atoms with E-state index in [4.69, 9.17) is 5.11 Å². The number of rotatable bonds is 2. The molecule has 1 fully saturated rings. The lowest BCUT2D eigenvalue weighted by Crippen LogP contribution is -2.40. The third kappa shape index (κ3) is 2.25. The Kier molecular flexibility index (Phi) is 3.13. The van der Waals surface area contributed by atoms with E-state index in [0.29, 0.717) is 5.65 Å². The Bertz CT molecular complexity index is 724. The Morgan fingerprint density at radius 3 is 2.81 bits per heavy atom. The average molecular weight is 289 g/mol. The van der Waals surface area contributed by atoms with Crippen molar-refractivity contribution in [2.75, 3.05) is 6.54 Å². The van der Waals surface area contributed by atoms with E-state index in [1.54, 1.807) is 16.7 Å². The molecule has 2 N–H and O–H groups in total. The number of nitrogens with zero attached hydrogens (tertiary/aromatic N) is 3. The maximum atomic E-state index is 12.5. The number of hydrogen-bond acceptors (Lipinski definition) is 4. The van der Waals surface area contributed by atoms with E-state index in [2.05, 4.69) is 4.98 Å². The molecular formula is C14H15N3O4. The van der Waals surface area contributed by atoms with Gasteiger partial charge in [-0.1, -0.05) is 6.07 Å². The Balaban J connectivity index is 1.96. The Morgan fingerprint density at radius 2 is 2.14 bits per heavy atom. The lowest BCUT2D eigenvalue weighted by atomic mass is 10.2. The lowest BCUT2D eigenvalue weighted by molar-refractivity contribution is -0.141. The summed E-state index contributed by atoms with van der Waals surface area (Å²) in [6.45, 7) is 1.91. The molecular weight excluding hydrogens is 274 g/mol. The van der Waals surface area contributed by atoms with E-state index in [1.807, 2.05) is 19.1 Å². The van der Waals surface area contributed by atoms with Gasteiger partial charge in [-0.05, 0) is 19.1 Å². The fourth-order valence-corrected chi connectivity index (χ4v) is 2.67. The summed E-state index contributed by atoms with van der Waals surface area (Å²) in [5.74, 6) is -1.58. The number of carboxylic acid groups (broad SMARTS) is 1. The molecule has 0 radical (unpaired) electrons. The van der Waals surface area contributed by atoms with Gasteiger partial charge in [-0.2, -0.15) is 0 Å². The summed E-state index contributed by atoms with van der Waals surface area (Å²) in [6.07, 6.45) is 0.832. The van der Waals surface area contributed by atoms with E-state index in [0.717, 1.165) is 5.69 Å². The van der Waals surface area contributed by atoms with E-state index < -0.39 is 24.0 Å². The summed E-state index contributed by atoms with van der Waals surface area (Å²) in [6, 6.07) is 4.50. The molecule has 21 heavy (non-hydrogen) atoms. The number of aliphatic hydroxyl groups excluding tert-OH is 1. The number of pyridine rings is 1. The molecule has 2 aromatic heterocycles. The van der Waals surface area contributed by atoms with Crippen LogP contribution in [0.15, 0.2) is 24.4 Å². The molecule has 2 aromatic rings. The minimum absolute atomic E-state index is 0.0165. The highest BCUT2D eigenvalue weighted by Gasteiger charge is 2.39. The van der Waals surface area contributed by atoms with Gasteiger partial charge in [0, 0.05) is 24.9 Å². The van der Waals surface area contributed by atoms with Gasteiger partial charge in [0.25, 0.3) is 5.91 Å². The summed E-state index contributed by atoms with van der Waals surface area (Å²) < 4.78 is 1.77. The summed E-state index contributed by atoms with van der Waals surface area (Å²) in [7, 11) is 0. The number of fused-ring (bicyclic) bond motifs is 1. The first kappa shape index (κ1) is 13.6. The highest BCUT2D eigenvalue weighted by molar-refractivity contribution is 5.96. The smallest absolute Gasteiger partial charge is 0.326 e. The van der Waals surface area contributed by atoms with Crippen molar-refractivity contribution < 1.29 is 19.8 Å². The third-order valence-corrected chi connectivity index (χ3v) is 3.74. The van der Waals surface area contributed by atoms with Gasteiger partial charge in [0.2, 0.25) is 0 Å². The largest absolute Gasteiger partial charge is 0.480 e. The van der Waals surface area contributed by atoms with Gasteiger partial charge in [0.15, 0.2) is 0 Å². The van der Waals surface area contributed by atoms with Gasteiger partial charge in [-0.25, -0.2) is 9.78 Å². The predicted molar refractivity (Wildman–Crippen MR) is 73.0 cm³/mol. The summed E-state index contributed by atoms with van der Waals surface area (Å²) in [5.41, 5.74) is 1.74. The highest BCUT2D eigenvalue weighted by atomic mass is 16.4. The fraction of sp³-hybridized carbons (Fsp3) is 0.357. The number of carboxylic acids is 1. The number of imidazole rings is 1. The minimum Gasteiger partial charge on any atom is -0.480 e. The molecule has 3 rings (SSSR count). The average Bonchev–Trinajstić information content (AvgIpc) is 3.02. The second-order valence-electron chi connectivity index (χ2n) is 5.22. The van der Waals surface area contributed by atoms with Crippen LogP contribution in [0, 0.1) is 6.92 Å². The zero-order valence-corrected chi connectivity index (χ0v) is 11.4. The molecule has 0 aromatic carbocycles. The van der Waals surface area contributed by atoms with Crippen LogP contribution in [-0.2, 0) is 4.79 Å². The highest BCUT2D eigenvalue weighted by Crippen LogP contribution is 2.21. The number of aliphatic hydroxyl groups is 1. The second-order valence-corrected chi connectivity index (χ2v) is 5.22.